The summed E-state index contributed by atoms with van der Waals surface area (Å²) < 4.78 is 18.4. The minimum Gasteiger partial charge on any atom is -0.488 e. The zero-order valence-corrected chi connectivity index (χ0v) is 10.1. The molecule has 0 spiro atoms. The number of Topliss-reactive ketones (excluding diaryl/α,β-unsaturated/α-hetero) is 1. The van der Waals surface area contributed by atoms with Gasteiger partial charge in [-0.05, 0) is 35.9 Å². The number of ketones is 1. The van der Waals surface area contributed by atoms with Crippen molar-refractivity contribution < 1.29 is 13.9 Å². The molecule has 1 aliphatic heterocycles. The second-order valence-corrected chi connectivity index (χ2v) is 4.34. The molecule has 0 fully saturated rings. The number of carbonyl (C=O) groups excluding carboxylic acids is 1. The topological polar surface area (TPSA) is 26.3 Å². The van der Waals surface area contributed by atoms with E-state index in [4.69, 9.17) is 4.74 Å². The summed E-state index contributed by atoms with van der Waals surface area (Å²) in [6.45, 7) is 0.243. The van der Waals surface area contributed by atoms with Crippen LogP contribution in [0.3, 0.4) is 0 Å². The normalized spacial score (nSPS) is 16.1. The van der Waals surface area contributed by atoms with Crippen molar-refractivity contribution >= 4 is 11.9 Å². The Morgan fingerprint density at radius 2 is 1.79 bits per heavy atom. The predicted octanol–water partition coefficient (Wildman–Crippen LogP) is 3.48. The SMILES string of the molecule is O=C1C(=Cc2ccc(F)cc2)COc2ccccc21. The molecular weight excluding hydrogens is 243 g/mol. The Labute approximate surface area is 110 Å². The monoisotopic (exact) mass is 254 g/mol. The Bertz CT molecular complexity index is 657. The Hall–Kier alpha value is -2.42. The Morgan fingerprint density at radius 1 is 1.05 bits per heavy atom. The molecular formula is C16H11FO2. The molecule has 0 amide bonds. The van der Waals surface area contributed by atoms with Gasteiger partial charge in [0.25, 0.3) is 0 Å². The second-order valence-electron chi connectivity index (χ2n) is 4.34. The van der Waals surface area contributed by atoms with Gasteiger partial charge in [0.2, 0.25) is 0 Å². The van der Waals surface area contributed by atoms with Gasteiger partial charge in [0.1, 0.15) is 18.2 Å². The highest BCUT2D eigenvalue weighted by Crippen LogP contribution is 2.27. The maximum absolute atomic E-state index is 12.8. The van der Waals surface area contributed by atoms with Gasteiger partial charge in [0.05, 0.1) is 5.56 Å². The molecule has 2 aromatic rings. The van der Waals surface area contributed by atoms with E-state index in [2.05, 4.69) is 0 Å². The largest absolute Gasteiger partial charge is 0.488 e. The standard InChI is InChI=1S/C16H11FO2/c17-13-7-5-11(6-8-13)9-12-10-19-15-4-2-1-3-14(15)16(12)18/h1-9H,10H2. The predicted molar refractivity (Wildman–Crippen MR) is 70.6 cm³/mol. The molecule has 19 heavy (non-hydrogen) atoms. The molecule has 0 aromatic heterocycles. The van der Waals surface area contributed by atoms with Crippen LogP contribution < -0.4 is 4.74 Å². The van der Waals surface area contributed by atoms with Crippen LogP contribution >= 0.6 is 0 Å². The van der Waals surface area contributed by atoms with Crippen LogP contribution in [0.25, 0.3) is 6.08 Å². The molecule has 0 N–H and O–H groups in total. The zero-order chi connectivity index (χ0) is 13.2. The quantitative estimate of drug-likeness (QED) is 0.728. The van der Waals surface area contributed by atoms with Crippen LogP contribution in [0.2, 0.25) is 0 Å². The van der Waals surface area contributed by atoms with E-state index < -0.39 is 0 Å². The fourth-order valence-electron chi connectivity index (χ4n) is 2.04. The number of halogens is 1. The molecule has 0 saturated carbocycles. The highest BCUT2D eigenvalue weighted by atomic mass is 19.1. The van der Waals surface area contributed by atoms with E-state index in [1.807, 2.05) is 6.07 Å². The maximum atomic E-state index is 12.8. The van der Waals surface area contributed by atoms with E-state index in [1.54, 1.807) is 36.4 Å². The van der Waals surface area contributed by atoms with Crippen molar-refractivity contribution in [2.75, 3.05) is 6.61 Å². The number of rotatable bonds is 1. The summed E-state index contributed by atoms with van der Waals surface area (Å²) in [5.41, 5.74) is 1.93. The summed E-state index contributed by atoms with van der Waals surface area (Å²) in [5.74, 6) is 0.286. The number of hydrogen-bond acceptors (Lipinski definition) is 2. The van der Waals surface area contributed by atoms with Gasteiger partial charge in [0.15, 0.2) is 5.78 Å². The van der Waals surface area contributed by atoms with Crippen LogP contribution in [-0.2, 0) is 0 Å². The maximum Gasteiger partial charge on any atom is 0.196 e. The van der Waals surface area contributed by atoms with Gasteiger partial charge in [-0.15, -0.1) is 0 Å². The molecule has 0 bridgehead atoms. The van der Waals surface area contributed by atoms with Gasteiger partial charge >= 0.3 is 0 Å². The summed E-state index contributed by atoms with van der Waals surface area (Å²) in [7, 11) is 0. The number of para-hydroxylation sites is 1. The third-order valence-electron chi connectivity index (χ3n) is 3.02. The van der Waals surface area contributed by atoms with Crippen LogP contribution in [0.1, 0.15) is 15.9 Å². The number of benzene rings is 2. The van der Waals surface area contributed by atoms with E-state index in [0.29, 0.717) is 16.9 Å². The molecule has 94 valence electrons. The first-order chi connectivity index (χ1) is 9.24. The molecule has 0 radical (unpaired) electrons. The fourth-order valence-corrected chi connectivity index (χ4v) is 2.04. The van der Waals surface area contributed by atoms with Gasteiger partial charge in [-0.3, -0.25) is 4.79 Å². The van der Waals surface area contributed by atoms with E-state index in [0.717, 1.165) is 5.56 Å². The molecule has 1 aliphatic rings. The van der Waals surface area contributed by atoms with Crippen LogP contribution in [0.4, 0.5) is 4.39 Å². The number of carbonyl (C=O) groups is 1. The second kappa shape index (κ2) is 4.69. The van der Waals surface area contributed by atoms with Crippen molar-refractivity contribution in [2.45, 2.75) is 0 Å². The summed E-state index contributed by atoms with van der Waals surface area (Å²) in [4.78, 5) is 12.3. The van der Waals surface area contributed by atoms with Gasteiger partial charge in [-0.1, -0.05) is 24.3 Å². The molecule has 0 atom stereocenters. The minimum absolute atomic E-state index is 0.0359. The van der Waals surface area contributed by atoms with E-state index in [1.165, 1.54) is 12.1 Å². The van der Waals surface area contributed by atoms with Crippen molar-refractivity contribution in [1.82, 2.24) is 0 Å². The van der Waals surface area contributed by atoms with Crippen molar-refractivity contribution in [3.63, 3.8) is 0 Å². The highest BCUT2D eigenvalue weighted by Gasteiger charge is 2.22. The van der Waals surface area contributed by atoms with Gasteiger partial charge in [-0.25, -0.2) is 4.39 Å². The van der Waals surface area contributed by atoms with Crippen LogP contribution in [-0.4, -0.2) is 12.4 Å². The number of fused-ring (bicyclic) bond motifs is 1. The molecule has 0 unspecified atom stereocenters. The van der Waals surface area contributed by atoms with Crippen molar-refractivity contribution in [3.05, 3.63) is 71.0 Å². The van der Waals surface area contributed by atoms with Gasteiger partial charge in [-0.2, -0.15) is 0 Å². The van der Waals surface area contributed by atoms with Gasteiger partial charge < -0.3 is 4.74 Å². The lowest BCUT2D eigenvalue weighted by Gasteiger charge is -2.18. The van der Waals surface area contributed by atoms with Crippen molar-refractivity contribution in [2.24, 2.45) is 0 Å². The molecule has 2 aromatic carbocycles. The zero-order valence-electron chi connectivity index (χ0n) is 10.1. The van der Waals surface area contributed by atoms with E-state index in [9.17, 15) is 9.18 Å². The smallest absolute Gasteiger partial charge is 0.196 e. The number of hydrogen-bond donors (Lipinski definition) is 0. The van der Waals surface area contributed by atoms with Crippen LogP contribution in [0.15, 0.2) is 54.1 Å². The Balaban J connectivity index is 1.96. The third-order valence-corrected chi connectivity index (χ3v) is 3.02. The average molecular weight is 254 g/mol. The molecule has 1 heterocycles. The number of ether oxygens (including phenoxy) is 1. The highest BCUT2D eigenvalue weighted by molar-refractivity contribution is 6.14. The molecule has 2 nitrogen and oxygen atoms in total. The first-order valence-electron chi connectivity index (χ1n) is 5.97. The summed E-state index contributed by atoms with van der Waals surface area (Å²) >= 11 is 0. The van der Waals surface area contributed by atoms with Crippen LogP contribution in [0, 0.1) is 5.82 Å². The lowest BCUT2D eigenvalue weighted by atomic mass is 9.98. The van der Waals surface area contributed by atoms with Crippen molar-refractivity contribution in [1.29, 1.82) is 0 Å². The fraction of sp³-hybridized carbons (Fsp3) is 0.0625. The molecule has 0 saturated heterocycles. The van der Waals surface area contributed by atoms with Crippen LogP contribution in [0.5, 0.6) is 5.75 Å². The van der Waals surface area contributed by atoms with Gasteiger partial charge in [0, 0.05) is 5.57 Å². The van der Waals surface area contributed by atoms with E-state index >= 15 is 0 Å². The minimum atomic E-state index is -0.293. The van der Waals surface area contributed by atoms with Crippen molar-refractivity contribution in [3.8, 4) is 5.75 Å². The third kappa shape index (κ3) is 2.27. The lowest BCUT2D eigenvalue weighted by Crippen LogP contribution is -2.18. The lowest BCUT2D eigenvalue weighted by molar-refractivity contribution is 0.100. The molecule has 0 aliphatic carbocycles. The van der Waals surface area contributed by atoms with E-state index in [-0.39, 0.29) is 18.2 Å². The Morgan fingerprint density at radius 3 is 2.58 bits per heavy atom. The molecule has 3 heteroatoms. The Kier molecular flexibility index (Phi) is 2.88. The summed E-state index contributed by atoms with van der Waals surface area (Å²) in [6, 6.07) is 13.2. The molecule has 3 rings (SSSR count). The summed E-state index contributed by atoms with van der Waals surface area (Å²) in [5, 5.41) is 0. The average Bonchev–Trinajstić information content (AvgIpc) is 2.45. The first-order valence-corrected chi connectivity index (χ1v) is 5.97. The summed E-state index contributed by atoms with van der Waals surface area (Å²) in [6.07, 6.45) is 1.73. The first kappa shape index (κ1) is 11.7.